The second-order valence-corrected chi connectivity index (χ2v) is 4.91. The first-order valence-corrected chi connectivity index (χ1v) is 6.33. The Morgan fingerprint density at radius 2 is 2.12 bits per heavy atom. The summed E-state index contributed by atoms with van der Waals surface area (Å²) in [4.78, 5) is 20.2. The molecule has 2 rings (SSSR count). The van der Waals surface area contributed by atoms with Crippen LogP contribution in [-0.2, 0) is 4.79 Å². The third-order valence-corrected chi connectivity index (χ3v) is 3.78. The summed E-state index contributed by atoms with van der Waals surface area (Å²) in [5, 5.41) is 3.16. The van der Waals surface area contributed by atoms with Crippen LogP contribution < -0.4 is 5.32 Å². The normalized spacial score (nSPS) is 18.0. The number of carbonyl (C=O) groups excluding carboxylic acids is 1. The van der Waals surface area contributed by atoms with Crippen LogP contribution >= 0.6 is 11.6 Å². The van der Waals surface area contributed by atoms with Gasteiger partial charge in [-0.1, -0.05) is 31.4 Å². The highest BCUT2D eigenvalue weighted by Crippen LogP contribution is 2.41. The van der Waals surface area contributed by atoms with Crippen molar-refractivity contribution in [2.24, 2.45) is 5.41 Å². The highest BCUT2D eigenvalue weighted by atomic mass is 35.5. The number of aromatic nitrogens is 2. The first kappa shape index (κ1) is 12.3. The van der Waals surface area contributed by atoms with Crippen molar-refractivity contribution in [1.29, 1.82) is 0 Å². The minimum atomic E-state index is -0.207. The monoisotopic (exact) mass is 253 g/mol. The molecule has 1 aromatic heterocycles. The molecule has 1 heterocycles. The van der Waals surface area contributed by atoms with Crippen molar-refractivity contribution >= 4 is 23.3 Å². The summed E-state index contributed by atoms with van der Waals surface area (Å²) in [6, 6.07) is 0. The van der Waals surface area contributed by atoms with Crippen LogP contribution in [0, 0.1) is 5.41 Å². The van der Waals surface area contributed by atoms with Crippen LogP contribution in [0.1, 0.15) is 39.0 Å². The van der Waals surface area contributed by atoms with Gasteiger partial charge in [-0.05, 0) is 19.3 Å². The minimum absolute atomic E-state index is 0.0640. The summed E-state index contributed by atoms with van der Waals surface area (Å²) >= 11 is 5.64. The predicted molar refractivity (Wildman–Crippen MR) is 66.9 cm³/mol. The first-order valence-electron chi connectivity index (χ1n) is 5.95. The van der Waals surface area contributed by atoms with Gasteiger partial charge in [-0.3, -0.25) is 4.79 Å². The molecule has 1 aliphatic carbocycles. The Morgan fingerprint density at radius 1 is 1.41 bits per heavy atom. The lowest BCUT2D eigenvalue weighted by Gasteiger charge is -2.25. The van der Waals surface area contributed by atoms with Crippen LogP contribution in [0.15, 0.2) is 12.4 Å². The number of carbonyl (C=O) groups is 1. The topological polar surface area (TPSA) is 54.9 Å². The van der Waals surface area contributed by atoms with Crippen molar-refractivity contribution in [3.63, 3.8) is 0 Å². The van der Waals surface area contributed by atoms with Crippen molar-refractivity contribution in [3.05, 3.63) is 17.5 Å². The maximum Gasteiger partial charge on any atom is 0.231 e. The van der Waals surface area contributed by atoms with E-state index in [9.17, 15) is 4.79 Å². The van der Waals surface area contributed by atoms with E-state index < -0.39 is 0 Å². The highest BCUT2D eigenvalue weighted by molar-refractivity contribution is 6.29. The zero-order valence-electron chi connectivity index (χ0n) is 9.87. The standard InChI is InChI=1S/C12H16ClN3O/c1-2-12(5-3-4-6-12)11(17)16-10-8-14-9(13)7-15-10/h7-8H,2-6H2,1H3,(H,15,16,17). The largest absolute Gasteiger partial charge is 0.309 e. The van der Waals surface area contributed by atoms with Gasteiger partial charge in [-0.25, -0.2) is 9.97 Å². The summed E-state index contributed by atoms with van der Waals surface area (Å²) in [6.07, 6.45) is 8.00. The van der Waals surface area contributed by atoms with E-state index in [0.717, 1.165) is 32.1 Å². The molecule has 0 saturated heterocycles. The molecule has 0 aliphatic heterocycles. The molecular weight excluding hydrogens is 238 g/mol. The molecule has 4 nitrogen and oxygen atoms in total. The lowest BCUT2D eigenvalue weighted by Crippen LogP contribution is -2.33. The van der Waals surface area contributed by atoms with Gasteiger partial charge < -0.3 is 5.32 Å². The molecule has 1 aromatic rings. The Morgan fingerprint density at radius 3 is 2.65 bits per heavy atom. The fourth-order valence-corrected chi connectivity index (χ4v) is 2.52. The molecule has 0 unspecified atom stereocenters. The Kier molecular flexibility index (Phi) is 3.62. The van der Waals surface area contributed by atoms with Crippen molar-refractivity contribution < 1.29 is 4.79 Å². The van der Waals surface area contributed by atoms with E-state index in [-0.39, 0.29) is 11.3 Å². The molecule has 1 saturated carbocycles. The van der Waals surface area contributed by atoms with Crippen molar-refractivity contribution in [2.45, 2.75) is 39.0 Å². The Balaban J connectivity index is 2.08. The predicted octanol–water partition coefficient (Wildman–Crippen LogP) is 3.04. The molecule has 17 heavy (non-hydrogen) atoms. The van der Waals surface area contributed by atoms with E-state index in [1.165, 1.54) is 12.4 Å². The van der Waals surface area contributed by atoms with E-state index in [0.29, 0.717) is 11.0 Å². The van der Waals surface area contributed by atoms with Crippen molar-refractivity contribution in [2.75, 3.05) is 5.32 Å². The SMILES string of the molecule is CCC1(C(=O)Nc2cnc(Cl)cn2)CCCC1. The van der Waals surface area contributed by atoms with Crippen LogP contribution in [-0.4, -0.2) is 15.9 Å². The number of amides is 1. The third kappa shape index (κ3) is 2.57. The molecule has 92 valence electrons. The van der Waals surface area contributed by atoms with Gasteiger partial charge >= 0.3 is 0 Å². The number of hydrogen-bond donors (Lipinski definition) is 1. The van der Waals surface area contributed by atoms with Gasteiger partial charge in [0.1, 0.15) is 5.15 Å². The fraction of sp³-hybridized carbons (Fsp3) is 0.583. The number of nitrogens with one attached hydrogen (secondary N) is 1. The molecule has 0 aromatic carbocycles. The summed E-state index contributed by atoms with van der Waals surface area (Å²) in [6.45, 7) is 2.07. The molecule has 0 atom stereocenters. The number of rotatable bonds is 3. The van der Waals surface area contributed by atoms with Crippen LogP contribution in [0.2, 0.25) is 5.15 Å². The van der Waals surface area contributed by atoms with E-state index >= 15 is 0 Å². The smallest absolute Gasteiger partial charge is 0.231 e. The number of halogens is 1. The molecule has 1 N–H and O–H groups in total. The number of hydrogen-bond acceptors (Lipinski definition) is 3. The average Bonchev–Trinajstić information content (AvgIpc) is 2.82. The summed E-state index contributed by atoms with van der Waals surface area (Å²) in [7, 11) is 0. The van der Waals surface area contributed by atoms with E-state index in [1.807, 2.05) is 0 Å². The zero-order chi connectivity index (χ0) is 12.3. The van der Waals surface area contributed by atoms with Crippen molar-refractivity contribution in [3.8, 4) is 0 Å². The lowest BCUT2D eigenvalue weighted by atomic mass is 9.82. The molecule has 0 radical (unpaired) electrons. The number of nitrogens with zero attached hydrogens (tertiary/aromatic N) is 2. The lowest BCUT2D eigenvalue weighted by molar-refractivity contribution is -0.125. The van der Waals surface area contributed by atoms with Crippen LogP contribution in [0.5, 0.6) is 0 Å². The van der Waals surface area contributed by atoms with E-state index in [2.05, 4.69) is 22.2 Å². The van der Waals surface area contributed by atoms with Gasteiger partial charge in [0.2, 0.25) is 5.91 Å². The molecule has 1 aliphatic rings. The Labute approximate surface area is 106 Å². The Hall–Kier alpha value is -1.16. The molecule has 0 spiro atoms. The molecule has 1 amide bonds. The third-order valence-electron chi connectivity index (χ3n) is 3.58. The van der Waals surface area contributed by atoms with E-state index in [1.54, 1.807) is 0 Å². The van der Waals surface area contributed by atoms with Gasteiger partial charge in [0.05, 0.1) is 12.4 Å². The van der Waals surface area contributed by atoms with Crippen LogP contribution in [0.4, 0.5) is 5.82 Å². The number of anilines is 1. The maximum absolute atomic E-state index is 12.2. The highest BCUT2D eigenvalue weighted by Gasteiger charge is 2.39. The quantitative estimate of drug-likeness (QED) is 0.901. The summed E-state index contributed by atoms with van der Waals surface area (Å²) in [5.74, 6) is 0.535. The van der Waals surface area contributed by atoms with Crippen LogP contribution in [0.25, 0.3) is 0 Å². The molecule has 5 heteroatoms. The zero-order valence-corrected chi connectivity index (χ0v) is 10.6. The van der Waals surface area contributed by atoms with Crippen molar-refractivity contribution in [1.82, 2.24) is 9.97 Å². The fourth-order valence-electron chi connectivity index (χ4n) is 2.42. The molecule has 0 bridgehead atoms. The van der Waals surface area contributed by atoms with E-state index in [4.69, 9.17) is 11.6 Å². The van der Waals surface area contributed by atoms with Gasteiger partial charge in [-0.2, -0.15) is 0 Å². The summed E-state index contributed by atoms with van der Waals surface area (Å²) in [5.41, 5.74) is -0.207. The first-order chi connectivity index (χ1) is 8.16. The van der Waals surface area contributed by atoms with Gasteiger partial charge in [0.15, 0.2) is 5.82 Å². The maximum atomic E-state index is 12.2. The average molecular weight is 254 g/mol. The van der Waals surface area contributed by atoms with Gasteiger partial charge in [0.25, 0.3) is 0 Å². The molecular formula is C12H16ClN3O. The van der Waals surface area contributed by atoms with Crippen LogP contribution in [0.3, 0.4) is 0 Å². The minimum Gasteiger partial charge on any atom is -0.309 e. The Bertz CT molecular complexity index is 399. The second-order valence-electron chi connectivity index (χ2n) is 4.52. The van der Waals surface area contributed by atoms with Gasteiger partial charge in [-0.15, -0.1) is 0 Å². The molecule has 1 fully saturated rings. The summed E-state index contributed by atoms with van der Waals surface area (Å²) < 4.78 is 0. The van der Waals surface area contributed by atoms with Gasteiger partial charge in [0, 0.05) is 5.41 Å². The second kappa shape index (κ2) is 5.00.